The van der Waals surface area contributed by atoms with Gasteiger partial charge in [0.1, 0.15) is 34.8 Å². The summed E-state index contributed by atoms with van der Waals surface area (Å²) < 4.78 is 46.0. The molecule has 0 aliphatic carbocycles. The number of carbonyl (C=O) groups is 6. The van der Waals surface area contributed by atoms with Crippen LogP contribution in [0.4, 0.5) is 77.0 Å². The summed E-state index contributed by atoms with van der Waals surface area (Å²) in [6, 6.07) is 66.4. The van der Waals surface area contributed by atoms with E-state index in [0.717, 1.165) is 73.4 Å². The first-order valence-corrected chi connectivity index (χ1v) is 43.7. The summed E-state index contributed by atoms with van der Waals surface area (Å²) in [6.07, 6.45) is 11.9. The van der Waals surface area contributed by atoms with E-state index in [4.69, 9.17) is 32.4 Å². The van der Waals surface area contributed by atoms with Crippen molar-refractivity contribution < 1.29 is 56.5 Å². The largest absolute Gasteiger partial charge is 0.586 e. The number of amides is 6. The maximum absolute atomic E-state index is 13.3. The van der Waals surface area contributed by atoms with Crippen LogP contribution in [0.1, 0.15) is 160 Å². The van der Waals surface area contributed by atoms with E-state index in [1.54, 1.807) is 128 Å². The van der Waals surface area contributed by atoms with Crippen molar-refractivity contribution in [1.82, 2.24) is 39.9 Å². The smallest absolute Gasteiger partial charge is 0.497 e. The minimum atomic E-state index is -3.70. The first-order chi connectivity index (χ1) is 66.7. The first-order valence-electron chi connectivity index (χ1n) is 43.7. The van der Waals surface area contributed by atoms with Crippen molar-refractivity contribution >= 4 is 109 Å². The number of fused-ring (bicyclic) bond motifs is 1. The number of rotatable bonds is 28. The van der Waals surface area contributed by atoms with Crippen molar-refractivity contribution in [2.24, 2.45) is 0 Å². The number of carbonyl (C=O) groups excluding carboxylic acids is 6. The van der Waals surface area contributed by atoms with Gasteiger partial charge in [-0.05, 0) is 232 Å². The van der Waals surface area contributed by atoms with Gasteiger partial charge in [-0.15, -0.1) is 8.78 Å². The number of nitrogens with zero attached hydrogens (tertiary/aromatic N) is 8. The minimum Gasteiger partial charge on any atom is -0.497 e. The number of halogens is 2. The van der Waals surface area contributed by atoms with Gasteiger partial charge >= 0.3 is 6.29 Å². The molecule has 5 heterocycles. The van der Waals surface area contributed by atoms with Gasteiger partial charge in [-0.25, -0.2) is 39.9 Å². The normalized spacial score (nSPS) is 11.2. The molecule has 1 aliphatic rings. The third-order valence-electron chi connectivity index (χ3n) is 21.4. The number of methoxy groups -OCH3 is 2. The molecule has 0 spiro atoms. The highest BCUT2D eigenvalue weighted by atomic mass is 19.3. The van der Waals surface area contributed by atoms with Crippen LogP contribution in [0.15, 0.2) is 293 Å². The second-order valence-electron chi connectivity index (χ2n) is 32.6. The Hall–Kier alpha value is -18.1. The summed E-state index contributed by atoms with van der Waals surface area (Å²) in [5.74, 6) is 1.56. The van der Waals surface area contributed by atoms with Gasteiger partial charge in [-0.3, -0.25) is 28.8 Å². The average molecular weight is 1870 g/mol. The highest BCUT2D eigenvalue weighted by molar-refractivity contribution is 6.10. The predicted molar refractivity (Wildman–Crippen MR) is 539 cm³/mol. The van der Waals surface area contributed by atoms with Gasteiger partial charge in [0.2, 0.25) is 0 Å². The van der Waals surface area contributed by atoms with E-state index in [9.17, 15) is 37.5 Å². The maximum atomic E-state index is 13.3. The van der Waals surface area contributed by atoms with E-state index in [-0.39, 0.29) is 46.9 Å². The quantitative estimate of drug-likeness (QED) is 0.0203. The SMILES string of the molecule is C=C(CC)Nc1ccc(C)c(C(=O)Nc2cnc(Cc3cccc(N)c3)nc2)c1.C=C(Nc1ccc(C)c(C(=O)Nc2cnc(Cc3cccc(N)c3)nc2)c1)c1ccc2c(c1)OC(F)(F)O2.COc1cc(OC)cc(C(=O)Nc2ccc(C)c(C(=O)Nc3cnc(Cc4cccc(N)c4)nc3)c2)c1.Cc1cc(C)cc(C(=O)Nc2ccc(C)c(C(=O)Nc3cnc(Cc4cccc(N)c4)nc3)c2)c1. The highest BCUT2D eigenvalue weighted by Crippen LogP contribution is 2.42. The Morgan fingerprint density at radius 3 is 0.928 bits per heavy atom. The number of nitrogens with two attached hydrogens (primary N) is 4. The summed E-state index contributed by atoms with van der Waals surface area (Å²) in [5.41, 5.74) is 44.3. The Morgan fingerprint density at radius 1 is 0.324 bits per heavy atom. The Labute approximate surface area is 801 Å². The molecule has 4 aromatic heterocycles. The molecule has 32 heteroatoms. The maximum Gasteiger partial charge on any atom is 0.586 e. The van der Waals surface area contributed by atoms with E-state index in [2.05, 4.69) is 105 Å². The monoisotopic (exact) mass is 1860 g/mol. The molecule has 704 valence electrons. The van der Waals surface area contributed by atoms with Crippen molar-refractivity contribution in [3.05, 3.63) is 411 Å². The molecular formula is C107H102F2N20O10. The molecule has 0 atom stereocenters. The molecule has 0 bridgehead atoms. The number of aromatic nitrogens is 8. The topological polar surface area (TPSA) is 443 Å². The molecule has 16 rings (SSSR count). The molecule has 0 saturated heterocycles. The number of aryl methyl sites for hydroxylation is 6. The minimum absolute atomic E-state index is 0.0531. The van der Waals surface area contributed by atoms with Crippen molar-refractivity contribution in [3.63, 3.8) is 0 Å². The van der Waals surface area contributed by atoms with Crippen LogP contribution in [-0.2, 0) is 25.7 Å². The number of allylic oxidation sites excluding steroid dienone is 1. The van der Waals surface area contributed by atoms with Gasteiger partial charge < -0.3 is 84.4 Å². The van der Waals surface area contributed by atoms with Gasteiger partial charge in [0, 0.05) is 128 Å². The van der Waals surface area contributed by atoms with Gasteiger partial charge in [0.05, 0.1) is 86.5 Å². The van der Waals surface area contributed by atoms with Crippen LogP contribution in [0.5, 0.6) is 23.0 Å². The molecule has 16 N–H and O–H groups in total. The van der Waals surface area contributed by atoms with Crippen LogP contribution in [0.3, 0.4) is 0 Å². The van der Waals surface area contributed by atoms with E-state index in [0.29, 0.717) is 168 Å². The average Bonchev–Trinajstić information content (AvgIpc) is 1.60. The molecule has 0 fully saturated rings. The third kappa shape index (κ3) is 28.2. The molecule has 0 unspecified atom stereocenters. The molecule has 15 aromatic rings. The van der Waals surface area contributed by atoms with Crippen molar-refractivity contribution in [2.75, 3.05) is 79.7 Å². The van der Waals surface area contributed by atoms with Gasteiger partial charge in [0.25, 0.3) is 35.4 Å². The number of nitrogens with one attached hydrogen (secondary N) is 8. The van der Waals surface area contributed by atoms with Crippen LogP contribution in [-0.4, -0.2) is 95.8 Å². The van der Waals surface area contributed by atoms with E-state index in [1.807, 2.05) is 182 Å². The molecule has 0 saturated carbocycles. The summed E-state index contributed by atoms with van der Waals surface area (Å²) in [5, 5.41) is 23.3. The van der Waals surface area contributed by atoms with Gasteiger partial charge in [0.15, 0.2) is 11.5 Å². The standard InChI is InChI=1S/C28H23F2N5O3.C28H27N5O4.C28H27N5O2.C23H25N5O/c1-16-6-8-21(34-17(2)19-7-9-24-25(12-19)38-28(29,30)37-24)13-23(16)27(36)35-22-14-32-26(33-15-22)11-18-4-3-5-20(31)10-18;1-17-7-8-21(32-27(34)19-11-23(36-2)14-24(12-19)37-3)13-25(17)28(35)33-22-15-30-26(31-16-22)10-18-5-4-6-20(29)9-18;1-17-9-18(2)11-21(10-17)27(34)32-23-8-7-19(3)25(14-23)28(35)33-24-15-30-26(31-16-24)13-20-5-4-6-22(29)12-20;1-4-16(3)27-19-9-8-15(2)21(12-19)23(29)28-20-13-25-22(26-14-20)11-17-6-5-7-18(24)10-17/h3-10,12-15,34H,2,11,31H2,1H3,(H,35,36);4-9,11-16H,10,29H2,1-3H3,(H,32,34)(H,33,35);4-12,14-16H,13,29H2,1-3H3,(H,32,34)(H,33,35);5-10,12-14,27H,3-4,11,24H2,1-2H3,(H,28,29). The highest BCUT2D eigenvalue weighted by Gasteiger charge is 2.43. The lowest BCUT2D eigenvalue weighted by Crippen LogP contribution is -2.25. The number of nitrogen functional groups attached to an aromatic ring is 4. The second-order valence-corrected chi connectivity index (χ2v) is 32.6. The predicted octanol–water partition coefficient (Wildman–Crippen LogP) is 19.7. The molecule has 139 heavy (non-hydrogen) atoms. The van der Waals surface area contributed by atoms with E-state index < -0.39 is 6.29 Å². The molecule has 0 radical (unpaired) electrons. The molecular weight excluding hydrogens is 1760 g/mol. The van der Waals surface area contributed by atoms with Crippen LogP contribution in [0.25, 0.3) is 5.70 Å². The van der Waals surface area contributed by atoms with Gasteiger partial charge in [-0.2, -0.15) is 0 Å². The lowest BCUT2D eigenvalue weighted by molar-refractivity contribution is -0.286. The number of anilines is 12. The van der Waals surface area contributed by atoms with Crippen LogP contribution >= 0.6 is 0 Å². The summed E-state index contributed by atoms with van der Waals surface area (Å²) >= 11 is 0. The fourth-order valence-corrected chi connectivity index (χ4v) is 14.3. The zero-order chi connectivity index (χ0) is 99.0. The van der Waals surface area contributed by atoms with E-state index in [1.165, 1.54) is 26.4 Å². The Morgan fingerprint density at radius 2 is 0.619 bits per heavy atom. The Balaban J connectivity index is 0.000000157. The van der Waals surface area contributed by atoms with Crippen LogP contribution in [0, 0.1) is 41.5 Å². The number of hydrogen-bond donors (Lipinski definition) is 12. The fourth-order valence-electron chi connectivity index (χ4n) is 14.3. The Bertz CT molecular complexity index is 7030. The fraction of sp³-hybridized carbons (Fsp3) is 0.140. The van der Waals surface area contributed by atoms with E-state index >= 15 is 0 Å². The molecule has 6 amide bonds. The summed E-state index contributed by atoms with van der Waals surface area (Å²) in [7, 11) is 3.03. The zero-order valence-corrected chi connectivity index (χ0v) is 77.7. The zero-order valence-electron chi connectivity index (χ0n) is 77.7. The van der Waals surface area contributed by atoms with Crippen LogP contribution < -0.4 is 84.4 Å². The summed E-state index contributed by atoms with van der Waals surface area (Å²) in [6.45, 7) is 21.2. The number of alkyl halides is 2. The second kappa shape index (κ2) is 45.6. The third-order valence-corrected chi connectivity index (χ3v) is 21.4. The van der Waals surface area contributed by atoms with Crippen molar-refractivity contribution in [3.8, 4) is 23.0 Å². The first kappa shape index (κ1) is 98.4. The van der Waals surface area contributed by atoms with Crippen molar-refractivity contribution in [2.45, 2.75) is 86.9 Å². The van der Waals surface area contributed by atoms with Crippen molar-refractivity contribution in [1.29, 1.82) is 0 Å². The van der Waals surface area contributed by atoms with Gasteiger partial charge in [-0.1, -0.05) is 110 Å². The Kier molecular flexibility index (Phi) is 32.2. The summed E-state index contributed by atoms with van der Waals surface area (Å²) in [4.78, 5) is 112. The number of hydrogen-bond acceptors (Lipinski definition) is 24. The lowest BCUT2D eigenvalue weighted by atomic mass is 10.1. The molecule has 1 aliphatic heterocycles. The van der Waals surface area contributed by atoms with Crippen LogP contribution in [0.2, 0.25) is 0 Å². The lowest BCUT2D eigenvalue weighted by Gasteiger charge is -2.13. The number of benzene rings is 11. The molecule has 11 aromatic carbocycles. The molecule has 30 nitrogen and oxygen atoms in total. The number of ether oxygens (including phenoxy) is 4.